The fourth-order valence-corrected chi connectivity index (χ4v) is 3.38. The van der Waals surface area contributed by atoms with Gasteiger partial charge in [0.05, 0.1) is 0 Å². The van der Waals surface area contributed by atoms with E-state index in [9.17, 15) is 22.0 Å². The molecule has 0 spiro atoms. The van der Waals surface area contributed by atoms with Gasteiger partial charge >= 0.3 is 12.1 Å². The lowest BCUT2D eigenvalue weighted by atomic mass is 10.0. The fourth-order valence-electron chi connectivity index (χ4n) is 3.38. The Kier molecular flexibility index (Phi) is 9.88. The molecular weight excluding hydrogens is 447 g/mol. The monoisotopic (exact) mass is 472 g/mol. The van der Waals surface area contributed by atoms with Gasteiger partial charge in [-0.25, -0.2) is 13.6 Å². The second kappa shape index (κ2) is 12.4. The molecule has 1 aliphatic heterocycles. The zero-order chi connectivity index (χ0) is 24.4. The number of likely N-dealkylation sites (tertiary alicyclic amines) is 1. The Morgan fingerprint density at radius 1 is 1.33 bits per heavy atom. The third kappa shape index (κ3) is 9.24. The van der Waals surface area contributed by atoms with E-state index in [1.807, 2.05) is 0 Å². The van der Waals surface area contributed by atoms with Crippen LogP contribution >= 0.6 is 0 Å². The summed E-state index contributed by atoms with van der Waals surface area (Å²) in [6, 6.07) is 6.40. The van der Waals surface area contributed by atoms with Gasteiger partial charge in [0, 0.05) is 30.3 Å². The minimum absolute atomic E-state index is 0.123. The normalized spacial score (nSPS) is 18.8. The van der Waals surface area contributed by atoms with E-state index in [1.54, 1.807) is 12.1 Å². The number of carbonyl (C=O) groups is 1. The van der Waals surface area contributed by atoms with Gasteiger partial charge in [-0.1, -0.05) is 17.5 Å². The van der Waals surface area contributed by atoms with Gasteiger partial charge in [-0.05, 0) is 56.5 Å². The standard InChI is InChI=1S/C21H24F2N2O.C2HF3O2/c22-17-6-3-8-20(14-17)26-15-19-7-4-11-25(19)12-10-18(24)13-16-5-1-2-9-21(16)23;3-2(4,5)1(6)7/h2-3,6,8-9,14,18-19H,4,7,10-13,15,24H2;(H,6,7)/t18?,19-;/m0./s1. The van der Waals surface area contributed by atoms with E-state index < -0.39 is 12.1 Å². The van der Waals surface area contributed by atoms with E-state index in [1.165, 1.54) is 24.3 Å². The molecule has 0 saturated carbocycles. The molecule has 0 bridgehead atoms. The first-order valence-corrected chi connectivity index (χ1v) is 10.3. The lowest BCUT2D eigenvalue weighted by molar-refractivity contribution is -0.192. The molecule has 2 atom stereocenters. The summed E-state index contributed by atoms with van der Waals surface area (Å²) in [7, 11) is 0. The van der Waals surface area contributed by atoms with Crippen LogP contribution in [-0.2, 0) is 4.79 Å². The highest BCUT2D eigenvalue weighted by Crippen LogP contribution is 2.22. The SMILES string of the molecule is NC(CCN1CCC[C@H]1COc1cccc(F)c1)CC1=C=C=CC=C1F.O=C(O)C(F)(F)F. The van der Waals surface area contributed by atoms with Gasteiger partial charge in [-0.15, -0.1) is 0 Å². The van der Waals surface area contributed by atoms with Gasteiger partial charge in [0.2, 0.25) is 0 Å². The maximum atomic E-state index is 13.7. The topological polar surface area (TPSA) is 75.8 Å². The van der Waals surface area contributed by atoms with Gasteiger partial charge in [-0.3, -0.25) is 4.90 Å². The predicted molar refractivity (Wildman–Crippen MR) is 112 cm³/mol. The number of benzene rings is 1. The van der Waals surface area contributed by atoms with Crippen LogP contribution in [0.15, 0.2) is 59.3 Å². The van der Waals surface area contributed by atoms with E-state index in [4.69, 9.17) is 20.4 Å². The van der Waals surface area contributed by atoms with Gasteiger partial charge in [0.25, 0.3) is 0 Å². The van der Waals surface area contributed by atoms with E-state index in [0.717, 1.165) is 32.4 Å². The highest BCUT2D eigenvalue weighted by Gasteiger charge is 2.38. The van der Waals surface area contributed by atoms with Crippen molar-refractivity contribution in [2.45, 2.75) is 43.9 Å². The molecular formula is C23H25F5N2O3. The fraction of sp³-hybridized carbons (Fsp3) is 0.435. The molecule has 1 unspecified atom stereocenters. The number of hydrogen-bond acceptors (Lipinski definition) is 4. The van der Waals surface area contributed by atoms with Crippen LogP contribution in [-0.4, -0.2) is 53.9 Å². The second-order valence-electron chi connectivity index (χ2n) is 7.59. The number of carboxylic acid groups (broad SMARTS) is 1. The van der Waals surface area contributed by atoms with Crippen LogP contribution in [0, 0.1) is 5.82 Å². The number of ether oxygens (including phenoxy) is 1. The number of alkyl halides is 3. The van der Waals surface area contributed by atoms with Crippen molar-refractivity contribution in [3.63, 3.8) is 0 Å². The van der Waals surface area contributed by atoms with Crippen molar-refractivity contribution in [2.75, 3.05) is 19.7 Å². The van der Waals surface area contributed by atoms with Crippen molar-refractivity contribution in [1.82, 2.24) is 4.90 Å². The first-order chi connectivity index (χ1) is 15.6. The quantitative estimate of drug-likeness (QED) is 0.430. The smallest absolute Gasteiger partial charge is 0.490 e. The maximum absolute atomic E-state index is 13.7. The Bertz CT molecular complexity index is 948. The van der Waals surface area contributed by atoms with E-state index >= 15 is 0 Å². The van der Waals surface area contributed by atoms with Crippen molar-refractivity contribution < 1.29 is 36.6 Å². The molecule has 0 radical (unpaired) electrons. The molecule has 1 heterocycles. The van der Waals surface area contributed by atoms with Gasteiger partial charge < -0.3 is 15.6 Å². The van der Waals surface area contributed by atoms with E-state index in [-0.39, 0.29) is 17.7 Å². The van der Waals surface area contributed by atoms with Crippen LogP contribution in [0.2, 0.25) is 0 Å². The molecule has 0 amide bonds. The summed E-state index contributed by atoms with van der Waals surface area (Å²) in [5.41, 5.74) is 12.2. The molecule has 10 heteroatoms. The van der Waals surface area contributed by atoms with Gasteiger partial charge in [0.1, 0.15) is 24.0 Å². The van der Waals surface area contributed by atoms with Crippen LogP contribution in [0.4, 0.5) is 22.0 Å². The number of halogens is 5. The Hall–Kier alpha value is -2.90. The number of carboxylic acids is 1. The van der Waals surface area contributed by atoms with Crippen LogP contribution in [0.1, 0.15) is 25.7 Å². The average Bonchev–Trinajstić information content (AvgIpc) is 3.20. The lowest BCUT2D eigenvalue weighted by Gasteiger charge is -2.26. The molecule has 1 aromatic carbocycles. The van der Waals surface area contributed by atoms with Crippen LogP contribution in [0.3, 0.4) is 0 Å². The second-order valence-corrected chi connectivity index (χ2v) is 7.59. The zero-order valence-electron chi connectivity index (χ0n) is 17.7. The summed E-state index contributed by atoms with van der Waals surface area (Å²) in [5, 5.41) is 7.12. The highest BCUT2D eigenvalue weighted by atomic mass is 19.4. The molecule has 3 rings (SSSR count). The lowest BCUT2D eigenvalue weighted by Crippen LogP contribution is -2.37. The number of nitrogens with two attached hydrogens (primary N) is 1. The minimum Gasteiger partial charge on any atom is -0.492 e. The summed E-state index contributed by atoms with van der Waals surface area (Å²) in [5.74, 6) is -2.77. The molecule has 1 fully saturated rings. The van der Waals surface area contributed by atoms with Crippen molar-refractivity contribution in [3.05, 3.63) is 65.1 Å². The summed E-state index contributed by atoms with van der Waals surface area (Å²) in [4.78, 5) is 11.3. The van der Waals surface area contributed by atoms with E-state index in [2.05, 4.69) is 16.4 Å². The summed E-state index contributed by atoms with van der Waals surface area (Å²) < 4.78 is 64.4. The third-order valence-corrected chi connectivity index (χ3v) is 5.06. The zero-order valence-corrected chi connectivity index (χ0v) is 17.7. The van der Waals surface area contributed by atoms with Crippen LogP contribution in [0.25, 0.3) is 0 Å². The molecule has 3 N–H and O–H groups in total. The Morgan fingerprint density at radius 2 is 2.06 bits per heavy atom. The number of rotatable bonds is 8. The maximum Gasteiger partial charge on any atom is 0.490 e. The van der Waals surface area contributed by atoms with Crippen molar-refractivity contribution in [3.8, 4) is 5.75 Å². The molecule has 1 saturated heterocycles. The molecule has 1 aliphatic carbocycles. The molecule has 0 aromatic heterocycles. The van der Waals surface area contributed by atoms with Crippen LogP contribution in [0.5, 0.6) is 5.75 Å². The van der Waals surface area contributed by atoms with Crippen molar-refractivity contribution in [1.29, 1.82) is 0 Å². The first-order valence-electron chi connectivity index (χ1n) is 10.3. The third-order valence-electron chi connectivity index (χ3n) is 5.06. The van der Waals surface area contributed by atoms with E-state index in [0.29, 0.717) is 30.4 Å². The molecule has 2 aliphatic rings. The Labute approximate surface area is 188 Å². The van der Waals surface area contributed by atoms with Crippen molar-refractivity contribution >= 4 is 5.97 Å². The predicted octanol–water partition coefficient (Wildman–Crippen LogP) is 4.51. The molecule has 1 aromatic rings. The molecule has 33 heavy (non-hydrogen) atoms. The molecule has 180 valence electrons. The Morgan fingerprint density at radius 3 is 2.70 bits per heavy atom. The van der Waals surface area contributed by atoms with Gasteiger partial charge in [-0.2, -0.15) is 13.2 Å². The number of nitrogens with zero attached hydrogens (tertiary/aromatic N) is 1. The number of hydrogen-bond donors (Lipinski definition) is 2. The molecule has 5 nitrogen and oxygen atoms in total. The van der Waals surface area contributed by atoms with Crippen LogP contribution < -0.4 is 10.5 Å². The highest BCUT2D eigenvalue weighted by molar-refractivity contribution is 5.73. The summed E-state index contributed by atoms with van der Waals surface area (Å²) in [6.45, 7) is 2.38. The first kappa shape index (κ1) is 26.4. The average molecular weight is 472 g/mol. The summed E-state index contributed by atoms with van der Waals surface area (Å²) >= 11 is 0. The van der Waals surface area contributed by atoms with Crippen molar-refractivity contribution in [2.24, 2.45) is 5.73 Å². The number of aliphatic carboxylic acids is 1. The largest absolute Gasteiger partial charge is 0.492 e. The summed E-state index contributed by atoms with van der Waals surface area (Å²) in [6.07, 6.45) is 1.22. The number of allylic oxidation sites excluding steroid dienone is 3. The Balaban J connectivity index is 0.000000479. The minimum atomic E-state index is -5.08. The van der Waals surface area contributed by atoms with Gasteiger partial charge in [0.15, 0.2) is 0 Å².